The largest absolute Gasteiger partial charge is 0.483 e. The zero-order chi connectivity index (χ0) is 11.5. The van der Waals surface area contributed by atoms with Gasteiger partial charge in [-0.2, -0.15) is 13.2 Å². The maximum atomic E-state index is 11.9. The van der Waals surface area contributed by atoms with E-state index in [0.29, 0.717) is 5.56 Å². The van der Waals surface area contributed by atoms with E-state index in [2.05, 4.69) is 20.7 Å². The van der Waals surface area contributed by atoms with Gasteiger partial charge in [-0.1, -0.05) is 12.1 Å². The molecule has 0 aliphatic rings. The Kier molecular flexibility index (Phi) is 3.98. The van der Waals surface area contributed by atoms with Crippen molar-refractivity contribution in [2.45, 2.75) is 6.18 Å². The zero-order valence-electron chi connectivity index (χ0n) is 7.38. The Morgan fingerprint density at radius 3 is 2.60 bits per heavy atom. The third-order valence-electron chi connectivity index (χ3n) is 1.52. The van der Waals surface area contributed by atoms with E-state index in [1.165, 1.54) is 18.2 Å². The lowest BCUT2D eigenvalue weighted by atomic mass is 10.2. The second-order valence-electron chi connectivity index (χ2n) is 2.69. The number of hydrogen-bond acceptors (Lipinski definition) is 2. The molecule has 1 radical (unpaired) electrons. The summed E-state index contributed by atoms with van der Waals surface area (Å²) in [4.78, 5) is 0. The number of alkyl halides is 3. The number of hydrogen-bond donors (Lipinski definition) is 1. The smallest absolute Gasteiger partial charge is 0.422 e. The maximum Gasteiger partial charge on any atom is 0.422 e. The minimum absolute atomic E-state index is 0.0372. The lowest BCUT2D eigenvalue weighted by Gasteiger charge is -2.11. The molecule has 0 aliphatic heterocycles. The van der Waals surface area contributed by atoms with Gasteiger partial charge in [0, 0.05) is 5.56 Å². The van der Waals surface area contributed by atoms with Crippen molar-refractivity contribution in [3.63, 3.8) is 0 Å². The molecule has 1 aromatic rings. The van der Waals surface area contributed by atoms with Crippen LogP contribution in [0.15, 0.2) is 22.7 Å². The highest BCUT2D eigenvalue weighted by molar-refractivity contribution is 9.10. The van der Waals surface area contributed by atoms with E-state index in [-0.39, 0.29) is 10.2 Å². The first kappa shape index (κ1) is 12.3. The minimum Gasteiger partial charge on any atom is -0.483 e. The molecule has 1 aromatic carbocycles. The molecule has 0 saturated carbocycles. The predicted molar refractivity (Wildman–Crippen MR) is 51.0 cm³/mol. The summed E-state index contributed by atoms with van der Waals surface area (Å²) in [5.74, 6) is 0.0372. The van der Waals surface area contributed by atoms with E-state index in [4.69, 9.17) is 5.11 Å². The second kappa shape index (κ2) is 4.85. The molecule has 15 heavy (non-hydrogen) atoms. The molecular weight excluding hydrogens is 277 g/mol. The van der Waals surface area contributed by atoms with Crippen molar-refractivity contribution < 1.29 is 23.0 Å². The summed E-state index contributed by atoms with van der Waals surface area (Å²) in [6, 6.07) is 4.39. The van der Waals surface area contributed by atoms with E-state index < -0.39 is 12.8 Å². The van der Waals surface area contributed by atoms with E-state index in [1.54, 1.807) is 0 Å². The molecule has 0 unspecified atom stereocenters. The van der Waals surface area contributed by atoms with Crippen LogP contribution in [0.4, 0.5) is 13.2 Å². The SMILES string of the molecule is O[CH]c1cccc(OCC(F)(F)F)c1Br. The lowest BCUT2D eigenvalue weighted by molar-refractivity contribution is -0.153. The molecule has 83 valence electrons. The Hall–Kier alpha value is -0.750. The number of aliphatic hydroxyl groups is 1. The normalized spacial score (nSPS) is 11.5. The van der Waals surface area contributed by atoms with Crippen LogP contribution in [0.25, 0.3) is 0 Å². The molecule has 6 heteroatoms. The molecule has 0 fully saturated rings. The number of benzene rings is 1. The van der Waals surface area contributed by atoms with Crippen LogP contribution in [0.1, 0.15) is 5.56 Å². The molecule has 1 rings (SSSR count). The van der Waals surface area contributed by atoms with Crippen molar-refractivity contribution in [3.05, 3.63) is 34.8 Å². The third-order valence-corrected chi connectivity index (χ3v) is 2.37. The number of aliphatic hydroxyl groups excluding tert-OH is 1. The second-order valence-corrected chi connectivity index (χ2v) is 3.49. The topological polar surface area (TPSA) is 29.5 Å². The van der Waals surface area contributed by atoms with Gasteiger partial charge in [0.1, 0.15) is 12.4 Å². The highest BCUT2D eigenvalue weighted by Crippen LogP contribution is 2.30. The first-order valence-electron chi connectivity index (χ1n) is 3.89. The Balaban J connectivity index is 2.78. The van der Waals surface area contributed by atoms with E-state index >= 15 is 0 Å². The molecule has 0 aliphatic carbocycles. The fourth-order valence-corrected chi connectivity index (χ4v) is 1.38. The molecule has 0 aromatic heterocycles. The average molecular weight is 284 g/mol. The third kappa shape index (κ3) is 3.71. The van der Waals surface area contributed by atoms with Crippen LogP contribution in [0, 0.1) is 6.61 Å². The van der Waals surface area contributed by atoms with Gasteiger partial charge in [-0.25, -0.2) is 0 Å². The highest BCUT2D eigenvalue weighted by Gasteiger charge is 2.28. The molecule has 0 saturated heterocycles. The molecule has 2 nitrogen and oxygen atoms in total. The van der Waals surface area contributed by atoms with Gasteiger partial charge in [0.2, 0.25) is 0 Å². The van der Waals surface area contributed by atoms with Crippen LogP contribution in [0.5, 0.6) is 5.75 Å². The maximum absolute atomic E-state index is 11.9. The van der Waals surface area contributed by atoms with Gasteiger partial charge < -0.3 is 9.84 Å². The number of halogens is 4. The Bertz CT molecular complexity index is 339. The molecule has 0 atom stereocenters. The summed E-state index contributed by atoms with van der Waals surface area (Å²) >= 11 is 3.03. The quantitative estimate of drug-likeness (QED) is 0.923. The molecule has 1 N–H and O–H groups in total. The van der Waals surface area contributed by atoms with Gasteiger partial charge in [0.15, 0.2) is 6.61 Å². The molecule has 0 heterocycles. The Labute approximate surface area is 92.8 Å². The van der Waals surface area contributed by atoms with E-state index in [0.717, 1.165) is 6.61 Å². The van der Waals surface area contributed by atoms with Crippen molar-refractivity contribution in [3.8, 4) is 5.75 Å². The Morgan fingerprint density at radius 2 is 2.07 bits per heavy atom. The summed E-state index contributed by atoms with van der Waals surface area (Å²) in [6.45, 7) is -0.578. The van der Waals surface area contributed by atoms with Crippen LogP contribution in [0.2, 0.25) is 0 Å². The first-order chi connectivity index (χ1) is 6.94. The van der Waals surface area contributed by atoms with Gasteiger partial charge in [0.25, 0.3) is 0 Å². The van der Waals surface area contributed by atoms with Crippen molar-refractivity contribution >= 4 is 15.9 Å². The molecule has 0 amide bonds. The van der Waals surface area contributed by atoms with Crippen LogP contribution >= 0.6 is 15.9 Å². The summed E-state index contributed by atoms with van der Waals surface area (Å²) < 4.78 is 40.4. The lowest BCUT2D eigenvalue weighted by Crippen LogP contribution is -2.19. The average Bonchev–Trinajstić information content (AvgIpc) is 2.15. The van der Waals surface area contributed by atoms with Gasteiger partial charge in [-0.15, -0.1) is 0 Å². The van der Waals surface area contributed by atoms with Gasteiger partial charge in [-0.05, 0) is 22.0 Å². The molecule has 0 spiro atoms. The number of rotatable bonds is 3. The summed E-state index contributed by atoms with van der Waals surface area (Å²) in [6.07, 6.45) is -4.38. The monoisotopic (exact) mass is 283 g/mol. The van der Waals surface area contributed by atoms with Crippen LogP contribution < -0.4 is 4.74 Å². The van der Waals surface area contributed by atoms with Gasteiger partial charge >= 0.3 is 6.18 Å². The fourth-order valence-electron chi connectivity index (χ4n) is 0.899. The summed E-state index contributed by atoms with van der Waals surface area (Å²) in [5.41, 5.74) is 0.356. The summed E-state index contributed by atoms with van der Waals surface area (Å²) in [5, 5.41) is 8.74. The van der Waals surface area contributed by atoms with Gasteiger partial charge in [-0.3, -0.25) is 0 Å². The fraction of sp³-hybridized carbons (Fsp3) is 0.222. The van der Waals surface area contributed by atoms with Crippen LogP contribution in [0.3, 0.4) is 0 Å². The number of ether oxygens (including phenoxy) is 1. The van der Waals surface area contributed by atoms with Crippen molar-refractivity contribution in [2.24, 2.45) is 0 Å². The minimum atomic E-state index is -4.38. The first-order valence-corrected chi connectivity index (χ1v) is 4.69. The predicted octanol–water partition coefficient (Wildman–Crippen LogP) is 3.27. The zero-order valence-corrected chi connectivity index (χ0v) is 8.97. The van der Waals surface area contributed by atoms with Crippen molar-refractivity contribution in [1.29, 1.82) is 0 Å². The van der Waals surface area contributed by atoms with E-state index in [1.807, 2.05) is 0 Å². The molecule has 0 bridgehead atoms. The van der Waals surface area contributed by atoms with Crippen molar-refractivity contribution in [1.82, 2.24) is 0 Å². The van der Waals surface area contributed by atoms with Crippen molar-refractivity contribution in [2.75, 3.05) is 6.61 Å². The Morgan fingerprint density at radius 1 is 1.40 bits per heavy atom. The van der Waals surface area contributed by atoms with Gasteiger partial charge in [0.05, 0.1) is 4.47 Å². The van der Waals surface area contributed by atoms with Crippen LogP contribution in [-0.4, -0.2) is 17.9 Å². The molecular formula is C9H7BrF3O2. The van der Waals surface area contributed by atoms with E-state index in [9.17, 15) is 13.2 Å². The summed E-state index contributed by atoms with van der Waals surface area (Å²) in [7, 11) is 0. The standard InChI is InChI=1S/C9H7BrF3O2/c10-8-6(4-14)2-1-3-7(8)15-5-9(11,12)13/h1-4,14H,5H2. The highest BCUT2D eigenvalue weighted by atomic mass is 79.9. The van der Waals surface area contributed by atoms with Crippen LogP contribution in [-0.2, 0) is 0 Å².